The molecule has 0 amide bonds. The van der Waals surface area contributed by atoms with Gasteiger partial charge in [-0.15, -0.1) is 0 Å². The maximum Gasteiger partial charge on any atom is 0.240 e. The highest BCUT2D eigenvalue weighted by Gasteiger charge is 2.23. The lowest BCUT2D eigenvalue weighted by Crippen LogP contribution is -2.41. The summed E-state index contributed by atoms with van der Waals surface area (Å²) >= 11 is 0. The number of nitrogens with two attached hydrogens (primary N) is 1. The Morgan fingerprint density at radius 2 is 2.00 bits per heavy atom. The molecular weight excluding hydrogens is 271 g/mol. The lowest BCUT2D eigenvalue weighted by Gasteiger charge is -2.20. The van der Waals surface area contributed by atoms with Crippen LogP contribution in [0.5, 0.6) is 0 Å². The molecule has 0 saturated heterocycles. The Morgan fingerprint density at radius 1 is 1.42 bits per heavy atom. The molecule has 0 spiro atoms. The van der Waals surface area contributed by atoms with Gasteiger partial charge in [-0.25, -0.2) is 17.5 Å². The fourth-order valence-corrected chi connectivity index (χ4v) is 3.06. The monoisotopic (exact) mass is 290 g/mol. The van der Waals surface area contributed by atoms with E-state index in [4.69, 9.17) is 10.8 Å². The highest BCUT2D eigenvalue weighted by molar-refractivity contribution is 7.89. The first-order valence-electron chi connectivity index (χ1n) is 5.88. The van der Waals surface area contributed by atoms with Crippen molar-refractivity contribution in [3.05, 3.63) is 23.5 Å². The van der Waals surface area contributed by atoms with Crippen molar-refractivity contribution < 1.29 is 17.9 Å². The number of benzene rings is 1. The molecule has 0 fully saturated rings. The Hall–Kier alpha value is -1.18. The number of hydrogen-bond acceptors (Lipinski definition) is 4. The molecule has 7 heteroatoms. The number of hydrogen-bond donors (Lipinski definition) is 3. The second-order valence-electron chi connectivity index (χ2n) is 4.80. The zero-order chi connectivity index (χ0) is 14.8. The molecule has 0 unspecified atom stereocenters. The number of aliphatic hydroxyl groups excluding tert-OH is 1. The van der Waals surface area contributed by atoms with Gasteiger partial charge in [0.15, 0.2) is 0 Å². The summed E-state index contributed by atoms with van der Waals surface area (Å²) < 4.78 is 40.0. The molecule has 0 radical (unpaired) electrons. The topological polar surface area (TPSA) is 92.4 Å². The predicted molar refractivity (Wildman–Crippen MR) is 71.6 cm³/mol. The van der Waals surface area contributed by atoms with E-state index in [0.717, 1.165) is 6.07 Å². The van der Waals surface area contributed by atoms with E-state index in [1.54, 1.807) is 13.8 Å². The van der Waals surface area contributed by atoms with Crippen LogP contribution < -0.4 is 10.5 Å². The van der Waals surface area contributed by atoms with Gasteiger partial charge in [-0.1, -0.05) is 13.8 Å². The number of aliphatic hydroxyl groups is 1. The van der Waals surface area contributed by atoms with Crippen molar-refractivity contribution >= 4 is 15.7 Å². The third kappa shape index (κ3) is 3.65. The molecule has 1 aromatic carbocycles. The SMILES string of the molecule is Cc1cc(S(=O)(=O)N[C@H](CO)C(C)C)cc(N)c1F. The second-order valence-corrected chi connectivity index (χ2v) is 6.51. The van der Waals surface area contributed by atoms with Gasteiger partial charge in [-0.05, 0) is 30.5 Å². The van der Waals surface area contributed by atoms with Gasteiger partial charge < -0.3 is 10.8 Å². The van der Waals surface area contributed by atoms with Gasteiger partial charge in [-0.2, -0.15) is 0 Å². The second kappa shape index (κ2) is 5.85. The summed E-state index contributed by atoms with van der Waals surface area (Å²) in [7, 11) is -3.84. The number of nitrogen functional groups attached to an aromatic ring is 1. The molecule has 1 atom stereocenters. The van der Waals surface area contributed by atoms with Crippen LogP contribution in [-0.4, -0.2) is 26.2 Å². The van der Waals surface area contributed by atoms with E-state index in [-0.39, 0.29) is 28.7 Å². The standard InChI is InChI=1S/C12H19FN2O3S/c1-7(2)11(6-16)15-19(17,18)9-4-8(3)12(13)10(14)5-9/h4-5,7,11,15-16H,6,14H2,1-3H3/t11-/m1/s1. The first kappa shape index (κ1) is 15.9. The average molecular weight is 290 g/mol. The van der Waals surface area contributed by atoms with Crippen molar-refractivity contribution in [2.45, 2.75) is 31.7 Å². The highest BCUT2D eigenvalue weighted by atomic mass is 32.2. The van der Waals surface area contributed by atoms with E-state index in [2.05, 4.69) is 4.72 Å². The predicted octanol–water partition coefficient (Wildman–Crippen LogP) is 1.01. The fourth-order valence-electron chi connectivity index (χ4n) is 1.57. The van der Waals surface area contributed by atoms with Crippen LogP contribution in [0, 0.1) is 18.7 Å². The summed E-state index contributed by atoms with van der Waals surface area (Å²) in [6.45, 7) is 4.70. The minimum Gasteiger partial charge on any atom is -0.396 e. The lowest BCUT2D eigenvalue weighted by atomic mass is 10.1. The molecule has 108 valence electrons. The van der Waals surface area contributed by atoms with Crippen LogP contribution in [0.1, 0.15) is 19.4 Å². The molecule has 5 nitrogen and oxygen atoms in total. The smallest absolute Gasteiger partial charge is 0.240 e. The van der Waals surface area contributed by atoms with Gasteiger partial charge in [0.05, 0.1) is 17.2 Å². The molecule has 0 aromatic heterocycles. The Morgan fingerprint density at radius 3 is 2.42 bits per heavy atom. The van der Waals surface area contributed by atoms with Crippen molar-refractivity contribution in [1.29, 1.82) is 0 Å². The number of rotatable bonds is 5. The van der Waals surface area contributed by atoms with Crippen LogP contribution in [0.4, 0.5) is 10.1 Å². The first-order valence-corrected chi connectivity index (χ1v) is 7.36. The third-order valence-electron chi connectivity index (χ3n) is 2.87. The molecule has 0 heterocycles. The van der Waals surface area contributed by atoms with Crippen LogP contribution >= 0.6 is 0 Å². The molecule has 0 saturated carbocycles. The quantitative estimate of drug-likeness (QED) is 0.706. The minimum atomic E-state index is -3.84. The van der Waals surface area contributed by atoms with Crippen molar-refractivity contribution in [2.75, 3.05) is 12.3 Å². The van der Waals surface area contributed by atoms with Gasteiger partial charge in [0, 0.05) is 6.04 Å². The summed E-state index contributed by atoms with van der Waals surface area (Å²) in [5, 5.41) is 9.15. The van der Waals surface area contributed by atoms with Crippen LogP contribution in [-0.2, 0) is 10.0 Å². The van der Waals surface area contributed by atoms with Crippen LogP contribution in [0.2, 0.25) is 0 Å². The van der Waals surface area contributed by atoms with Gasteiger partial charge in [0.25, 0.3) is 0 Å². The Kier molecular flexibility index (Phi) is 4.89. The van der Waals surface area contributed by atoms with Crippen molar-refractivity contribution in [3.8, 4) is 0 Å². The third-order valence-corrected chi connectivity index (χ3v) is 4.34. The molecule has 0 aliphatic carbocycles. The summed E-state index contributed by atoms with van der Waals surface area (Å²) in [6.07, 6.45) is 0. The zero-order valence-electron chi connectivity index (χ0n) is 11.1. The van der Waals surface area contributed by atoms with Crippen LogP contribution in [0.15, 0.2) is 17.0 Å². The Balaban J connectivity index is 3.14. The minimum absolute atomic E-state index is 0.0707. The van der Waals surface area contributed by atoms with E-state index >= 15 is 0 Å². The first-order chi connectivity index (χ1) is 8.69. The number of aryl methyl sites for hydroxylation is 1. The molecule has 0 aliphatic heterocycles. The number of nitrogens with one attached hydrogen (secondary N) is 1. The molecule has 0 bridgehead atoms. The van der Waals surface area contributed by atoms with Crippen LogP contribution in [0.25, 0.3) is 0 Å². The number of halogens is 1. The highest BCUT2D eigenvalue weighted by Crippen LogP contribution is 2.21. The maximum atomic E-state index is 13.4. The summed E-state index contributed by atoms with van der Waals surface area (Å²) in [4.78, 5) is -0.108. The van der Waals surface area contributed by atoms with E-state index in [1.165, 1.54) is 13.0 Å². The molecule has 1 rings (SSSR count). The zero-order valence-corrected chi connectivity index (χ0v) is 12.0. The number of anilines is 1. The van der Waals surface area contributed by atoms with Crippen molar-refractivity contribution in [2.24, 2.45) is 5.92 Å². The van der Waals surface area contributed by atoms with Gasteiger partial charge >= 0.3 is 0 Å². The van der Waals surface area contributed by atoms with E-state index in [0.29, 0.717) is 0 Å². The largest absolute Gasteiger partial charge is 0.396 e. The fraction of sp³-hybridized carbons (Fsp3) is 0.500. The normalized spacial score (nSPS) is 13.8. The molecule has 1 aromatic rings. The average Bonchev–Trinajstić information content (AvgIpc) is 2.32. The van der Waals surface area contributed by atoms with E-state index in [9.17, 15) is 12.8 Å². The van der Waals surface area contributed by atoms with Gasteiger partial charge in [-0.3, -0.25) is 0 Å². The lowest BCUT2D eigenvalue weighted by molar-refractivity contribution is 0.227. The van der Waals surface area contributed by atoms with Crippen LogP contribution in [0.3, 0.4) is 0 Å². The number of sulfonamides is 1. The summed E-state index contributed by atoms with van der Waals surface area (Å²) in [5.41, 5.74) is 5.37. The van der Waals surface area contributed by atoms with Crippen molar-refractivity contribution in [3.63, 3.8) is 0 Å². The summed E-state index contributed by atoms with van der Waals surface area (Å²) in [6, 6.07) is 1.68. The molecular formula is C12H19FN2O3S. The van der Waals surface area contributed by atoms with Crippen molar-refractivity contribution in [1.82, 2.24) is 4.72 Å². The van der Waals surface area contributed by atoms with E-state index < -0.39 is 21.9 Å². The Labute approximate surface area is 112 Å². The summed E-state index contributed by atoms with van der Waals surface area (Å²) in [5.74, 6) is -0.694. The van der Waals surface area contributed by atoms with Gasteiger partial charge in [0.2, 0.25) is 10.0 Å². The molecule has 19 heavy (non-hydrogen) atoms. The van der Waals surface area contributed by atoms with E-state index in [1.807, 2.05) is 0 Å². The Bertz CT molecular complexity index is 535. The molecule has 0 aliphatic rings. The van der Waals surface area contributed by atoms with Gasteiger partial charge in [0.1, 0.15) is 5.82 Å². The maximum absolute atomic E-state index is 13.4. The molecule has 4 N–H and O–H groups in total.